The third-order valence-corrected chi connectivity index (χ3v) is 2.29. The molecule has 0 aliphatic rings. The van der Waals surface area contributed by atoms with Crippen molar-refractivity contribution in [3.05, 3.63) is 60.7 Å². The molecule has 0 saturated carbocycles. The maximum absolute atomic E-state index is 5.26. The van der Waals surface area contributed by atoms with Gasteiger partial charge in [-0.15, -0.1) is 11.5 Å². The Kier molecular flexibility index (Phi) is 9.76. The summed E-state index contributed by atoms with van der Waals surface area (Å²) >= 11 is 0. The minimum Gasteiger partial charge on any atom is -0.361 e. The van der Waals surface area contributed by atoms with Crippen LogP contribution in [0.3, 0.4) is 0 Å². The Labute approximate surface area is 106 Å². The first-order valence-corrected chi connectivity index (χ1v) is 6.02. The average Bonchev–Trinajstić information content (AvgIpc) is 2.36. The van der Waals surface area contributed by atoms with Crippen molar-refractivity contribution < 1.29 is 0 Å². The van der Waals surface area contributed by atoms with Crippen LogP contribution in [-0.2, 0) is 0 Å². The second-order valence-corrected chi connectivity index (χ2v) is 3.62. The summed E-state index contributed by atoms with van der Waals surface area (Å²) in [5, 5.41) is 0. The van der Waals surface area contributed by atoms with Gasteiger partial charge in [0.2, 0.25) is 0 Å². The Morgan fingerprint density at radius 2 is 2.18 bits per heavy atom. The molecule has 0 aromatic carbocycles. The molecule has 0 bridgehead atoms. The Hall–Kier alpha value is -1.68. The summed E-state index contributed by atoms with van der Waals surface area (Å²) in [5.41, 5.74) is 6.51. The van der Waals surface area contributed by atoms with Crippen molar-refractivity contribution in [1.29, 1.82) is 0 Å². The van der Waals surface area contributed by atoms with Crippen molar-refractivity contribution in [2.45, 2.75) is 26.7 Å². The molecule has 1 heteroatoms. The molecule has 91 valence electrons. The highest BCUT2D eigenvalue weighted by atomic mass is 15.1. The topological polar surface area (TPSA) is 3.24 Å². The lowest BCUT2D eigenvalue weighted by Crippen LogP contribution is -2.23. The van der Waals surface area contributed by atoms with E-state index >= 15 is 0 Å². The van der Waals surface area contributed by atoms with Crippen molar-refractivity contribution in [2.75, 3.05) is 13.1 Å². The molecule has 0 aromatic rings. The fraction of sp³-hybridized carbons (Fsp3) is 0.375. The largest absolute Gasteiger partial charge is 0.361 e. The van der Waals surface area contributed by atoms with Crippen LogP contribution in [0.2, 0.25) is 0 Å². The first-order valence-electron chi connectivity index (χ1n) is 6.02. The SMILES string of the molecule is [CH]=C=CCN(CCCC)C(=C=C)/C=C\C=C/C. The number of unbranched alkanes of at least 4 members (excludes halogenated alkanes) is 1. The molecule has 0 heterocycles. The molecule has 0 amide bonds. The van der Waals surface area contributed by atoms with Gasteiger partial charge in [-0.2, -0.15) is 0 Å². The van der Waals surface area contributed by atoms with Crippen molar-refractivity contribution >= 4 is 0 Å². The van der Waals surface area contributed by atoms with Crippen LogP contribution < -0.4 is 0 Å². The Morgan fingerprint density at radius 1 is 1.41 bits per heavy atom. The van der Waals surface area contributed by atoms with E-state index in [0.29, 0.717) is 0 Å². The van der Waals surface area contributed by atoms with Crippen molar-refractivity contribution in [3.8, 4) is 0 Å². The Bertz CT molecular complexity index is 348. The zero-order chi connectivity index (χ0) is 12.9. The third kappa shape index (κ3) is 7.25. The molecule has 1 radical (unpaired) electrons. The highest BCUT2D eigenvalue weighted by Gasteiger charge is 2.03. The zero-order valence-electron chi connectivity index (χ0n) is 10.9. The summed E-state index contributed by atoms with van der Waals surface area (Å²) in [5.74, 6) is 0. The summed E-state index contributed by atoms with van der Waals surface area (Å²) in [6.07, 6.45) is 12.1. The Balaban J connectivity index is 4.71. The van der Waals surface area contributed by atoms with E-state index in [1.807, 2.05) is 37.3 Å². The van der Waals surface area contributed by atoms with Crippen LogP contribution in [0.25, 0.3) is 0 Å². The summed E-state index contributed by atoms with van der Waals surface area (Å²) in [7, 11) is 0. The van der Waals surface area contributed by atoms with Crippen molar-refractivity contribution in [2.24, 2.45) is 0 Å². The van der Waals surface area contributed by atoms with Gasteiger partial charge in [-0.1, -0.05) is 38.2 Å². The zero-order valence-corrected chi connectivity index (χ0v) is 10.9. The van der Waals surface area contributed by atoms with E-state index in [2.05, 4.69) is 29.9 Å². The number of nitrogens with zero attached hydrogens (tertiary/aromatic N) is 1. The van der Waals surface area contributed by atoms with Gasteiger partial charge in [-0.05, 0) is 32.1 Å². The molecule has 17 heavy (non-hydrogen) atoms. The van der Waals surface area contributed by atoms with Gasteiger partial charge in [0.25, 0.3) is 0 Å². The second kappa shape index (κ2) is 10.8. The lowest BCUT2D eigenvalue weighted by Gasteiger charge is -2.22. The minimum absolute atomic E-state index is 0.745. The number of allylic oxidation sites excluding steroid dienone is 4. The molecule has 0 saturated heterocycles. The van der Waals surface area contributed by atoms with E-state index in [1.54, 1.807) is 0 Å². The molecule has 0 atom stereocenters. The fourth-order valence-corrected chi connectivity index (χ4v) is 1.36. The van der Waals surface area contributed by atoms with Crippen LogP contribution in [0, 0.1) is 6.58 Å². The van der Waals surface area contributed by atoms with E-state index < -0.39 is 0 Å². The monoisotopic (exact) mass is 228 g/mol. The third-order valence-electron chi connectivity index (χ3n) is 2.29. The maximum atomic E-state index is 5.26. The molecule has 0 aliphatic carbocycles. The van der Waals surface area contributed by atoms with Crippen LogP contribution in [0.4, 0.5) is 0 Å². The summed E-state index contributed by atoms with van der Waals surface area (Å²) in [6.45, 7) is 14.9. The molecule has 1 nitrogen and oxygen atoms in total. The molecule has 0 fully saturated rings. The number of rotatable bonds is 8. The van der Waals surface area contributed by atoms with E-state index in [-0.39, 0.29) is 0 Å². The van der Waals surface area contributed by atoms with Gasteiger partial charge < -0.3 is 4.90 Å². The van der Waals surface area contributed by atoms with Gasteiger partial charge in [-0.25, -0.2) is 0 Å². The maximum Gasteiger partial charge on any atom is 0.0796 e. The molecule has 0 aliphatic heterocycles. The van der Waals surface area contributed by atoms with Gasteiger partial charge in [0.05, 0.1) is 5.70 Å². The molecule has 0 aromatic heterocycles. The summed E-state index contributed by atoms with van der Waals surface area (Å²) < 4.78 is 0. The predicted molar refractivity (Wildman–Crippen MR) is 75.5 cm³/mol. The lowest BCUT2D eigenvalue weighted by molar-refractivity contribution is 0.383. The second-order valence-electron chi connectivity index (χ2n) is 3.62. The van der Waals surface area contributed by atoms with E-state index in [4.69, 9.17) is 6.58 Å². The lowest BCUT2D eigenvalue weighted by atomic mass is 10.2. The normalized spacial score (nSPS) is 10.2. The molecule has 0 rings (SSSR count). The van der Waals surface area contributed by atoms with Gasteiger partial charge in [0.1, 0.15) is 0 Å². The van der Waals surface area contributed by atoms with Crippen LogP contribution in [0.5, 0.6) is 0 Å². The van der Waals surface area contributed by atoms with Crippen LogP contribution in [0.1, 0.15) is 26.7 Å². The molecule has 0 spiro atoms. The van der Waals surface area contributed by atoms with E-state index in [9.17, 15) is 0 Å². The molecular weight excluding hydrogens is 206 g/mol. The van der Waals surface area contributed by atoms with Gasteiger partial charge >= 0.3 is 0 Å². The molecular formula is C16H22N. The van der Waals surface area contributed by atoms with Crippen LogP contribution in [-0.4, -0.2) is 18.0 Å². The predicted octanol–water partition coefficient (Wildman–Crippen LogP) is 4.03. The van der Waals surface area contributed by atoms with Crippen LogP contribution >= 0.6 is 0 Å². The van der Waals surface area contributed by atoms with Gasteiger partial charge in [-0.3, -0.25) is 0 Å². The molecule has 0 unspecified atom stereocenters. The smallest absolute Gasteiger partial charge is 0.0796 e. The highest BCUT2D eigenvalue weighted by molar-refractivity contribution is 5.20. The van der Waals surface area contributed by atoms with E-state index in [0.717, 1.165) is 31.6 Å². The molecule has 0 N–H and O–H groups in total. The van der Waals surface area contributed by atoms with Crippen molar-refractivity contribution in [1.82, 2.24) is 4.90 Å². The Morgan fingerprint density at radius 3 is 2.71 bits per heavy atom. The standard InChI is InChI=1S/C16H22N/c1-5-9-12-13-16(8-4)17(14-10-6-2)15-11-7-3/h2,5,9-10,12-13H,4,7,11,14-15H2,1,3H3/b9-5-,13-12-. The first kappa shape index (κ1) is 15.3. The van der Waals surface area contributed by atoms with E-state index in [1.165, 1.54) is 0 Å². The summed E-state index contributed by atoms with van der Waals surface area (Å²) in [6, 6.07) is 0. The quantitative estimate of drug-likeness (QED) is 0.448. The van der Waals surface area contributed by atoms with Crippen molar-refractivity contribution in [3.63, 3.8) is 0 Å². The van der Waals surface area contributed by atoms with Crippen LogP contribution in [0.15, 0.2) is 54.1 Å². The van der Waals surface area contributed by atoms with Gasteiger partial charge in [0, 0.05) is 13.1 Å². The number of hydrogen-bond donors (Lipinski definition) is 0. The summed E-state index contributed by atoms with van der Waals surface area (Å²) in [4.78, 5) is 2.19. The average molecular weight is 228 g/mol. The highest BCUT2D eigenvalue weighted by Crippen LogP contribution is 2.07. The van der Waals surface area contributed by atoms with Gasteiger partial charge in [0.15, 0.2) is 0 Å². The first-order chi connectivity index (χ1) is 8.29. The minimum atomic E-state index is 0.745. The fourth-order valence-electron chi connectivity index (χ4n) is 1.36. The number of hydrogen-bond acceptors (Lipinski definition) is 1.